The Balaban J connectivity index is 0.00000361. The summed E-state index contributed by atoms with van der Waals surface area (Å²) < 4.78 is 5.41. The number of guanidine groups is 1. The van der Waals surface area contributed by atoms with Gasteiger partial charge in [-0.2, -0.15) is 0 Å². The summed E-state index contributed by atoms with van der Waals surface area (Å²) in [6.07, 6.45) is 5.85. The summed E-state index contributed by atoms with van der Waals surface area (Å²) in [7, 11) is 7.86. The maximum atomic E-state index is 11.6. The molecule has 0 bridgehead atoms. The van der Waals surface area contributed by atoms with E-state index in [0.717, 1.165) is 25.2 Å². The Kier molecular flexibility index (Phi) is 9.96. The van der Waals surface area contributed by atoms with Crippen LogP contribution in [0.15, 0.2) is 4.99 Å². The lowest BCUT2D eigenvalue weighted by Crippen LogP contribution is -2.35. The standard InChI is InChI=1S/C14H27N3O2.HI/c1-16(2)14(17(3)4)15-11-7-10-13(18)19-12-8-5-6-9-12;/h12H,5-11H2,1-4H3;1H. The summed E-state index contributed by atoms with van der Waals surface area (Å²) >= 11 is 0. The van der Waals surface area contributed by atoms with E-state index in [0.29, 0.717) is 13.0 Å². The number of carbonyl (C=O) groups excluding carboxylic acids is 1. The molecule has 118 valence electrons. The zero-order valence-electron chi connectivity index (χ0n) is 13.1. The van der Waals surface area contributed by atoms with Crippen LogP contribution in [0.25, 0.3) is 0 Å². The highest BCUT2D eigenvalue weighted by molar-refractivity contribution is 14.0. The van der Waals surface area contributed by atoms with Crippen LogP contribution in [0.2, 0.25) is 0 Å². The molecule has 5 nitrogen and oxygen atoms in total. The highest BCUT2D eigenvalue weighted by Gasteiger charge is 2.18. The Morgan fingerprint density at radius 1 is 1.15 bits per heavy atom. The summed E-state index contributed by atoms with van der Waals surface area (Å²) in [6, 6.07) is 0. The molecule has 0 atom stereocenters. The first-order valence-electron chi connectivity index (χ1n) is 7.09. The minimum absolute atomic E-state index is 0. The van der Waals surface area contributed by atoms with Gasteiger partial charge in [0.2, 0.25) is 0 Å². The molecular weight excluding hydrogens is 369 g/mol. The average Bonchev–Trinajstić information content (AvgIpc) is 2.80. The lowest BCUT2D eigenvalue weighted by molar-refractivity contribution is -0.148. The fourth-order valence-electron chi connectivity index (χ4n) is 2.34. The third-order valence-corrected chi connectivity index (χ3v) is 3.19. The molecule has 0 saturated heterocycles. The number of hydrogen-bond acceptors (Lipinski definition) is 3. The van der Waals surface area contributed by atoms with Gasteiger partial charge in [0, 0.05) is 41.2 Å². The molecule has 0 radical (unpaired) electrons. The van der Waals surface area contributed by atoms with Gasteiger partial charge in [-0.15, -0.1) is 24.0 Å². The lowest BCUT2D eigenvalue weighted by Gasteiger charge is -2.22. The van der Waals surface area contributed by atoms with Crippen LogP contribution in [0.3, 0.4) is 0 Å². The van der Waals surface area contributed by atoms with Gasteiger partial charge in [0.25, 0.3) is 0 Å². The Morgan fingerprint density at radius 2 is 1.70 bits per heavy atom. The van der Waals surface area contributed by atoms with E-state index in [-0.39, 0.29) is 36.0 Å². The molecule has 0 unspecified atom stereocenters. The van der Waals surface area contributed by atoms with Crippen molar-refractivity contribution in [1.29, 1.82) is 0 Å². The highest BCUT2D eigenvalue weighted by Crippen LogP contribution is 2.21. The Morgan fingerprint density at radius 3 is 2.20 bits per heavy atom. The maximum absolute atomic E-state index is 11.6. The quantitative estimate of drug-likeness (QED) is 0.235. The van der Waals surface area contributed by atoms with Gasteiger partial charge in [-0.25, -0.2) is 0 Å². The number of halogens is 1. The molecule has 6 heteroatoms. The van der Waals surface area contributed by atoms with Crippen LogP contribution in [0.4, 0.5) is 0 Å². The number of rotatable bonds is 5. The second kappa shape index (κ2) is 10.2. The molecular formula is C14H28IN3O2. The van der Waals surface area contributed by atoms with Crippen LogP contribution in [-0.2, 0) is 9.53 Å². The molecule has 0 aromatic heterocycles. The van der Waals surface area contributed by atoms with Crippen molar-refractivity contribution in [3.8, 4) is 0 Å². The monoisotopic (exact) mass is 397 g/mol. The van der Waals surface area contributed by atoms with E-state index in [1.54, 1.807) is 0 Å². The molecule has 20 heavy (non-hydrogen) atoms. The summed E-state index contributed by atoms with van der Waals surface area (Å²) in [5, 5.41) is 0. The van der Waals surface area contributed by atoms with Crippen molar-refractivity contribution in [2.45, 2.75) is 44.6 Å². The Hall–Kier alpha value is -0.530. The molecule has 1 aliphatic rings. The van der Waals surface area contributed by atoms with Crippen LogP contribution in [0.5, 0.6) is 0 Å². The van der Waals surface area contributed by atoms with E-state index in [9.17, 15) is 4.79 Å². The van der Waals surface area contributed by atoms with E-state index in [1.165, 1.54) is 12.8 Å². The summed E-state index contributed by atoms with van der Waals surface area (Å²) in [5.74, 6) is 0.850. The molecule has 1 fully saturated rings. The van der Waals surface area contributed by atoms with Crippen molar-refractivity contribution in [2.75, 3.05) is 34.7 Å². The molecule has 0 aromatic carbocycles. The number of nitrogens with zero attached hydrogens (tertiary/aromatic N) is 3. The van der Waals surface area contributed by atoms with E-state index in [1.807, 2.05) is 38.0 Å². The van der Waals surface area contributed by atoms with Crippen LogP contribution in [0, 0.1) is 0 Å². The first-order chi connectivity index (χ1) is 9.00. The van der Waals surface area contributed by atoms with Gasteiger partial charge in [-0.3, -0.25) is 9.79 Å². The zero-order valence-corrected chi connectivity index (χ0v) is 15.4. The first-order valence-corrected chi connectivity index (χ1v) is 7.09. The number of carbonyl (C=O) groups is 1. The number of esters is 1. The lowest BCUT2D eigenvalue weighted by atomic mass is 10.3. The minimum Gasteiger partial charge on any atom is -0.462 e. The molecule has 0 heterocycles. The normalized spacial score (nSPS) is 14.4. The molecule has 0 aliphatic heterocycles. The smallest absolute Gasteiger partial charge is 0.306 e. The third-order valence-electron chi connectivity index (χ3n) is 3.19. The predicted molar refractivity (Wildman–Crippen MR) is 92.7 cm³/mol. The second-order valence-corrected chi connectivity index (χ2v) is 5.47. The fraction of sp³-hybridized carbons (Fsp3) is 0.857. The summed E-state index contributed by atoms with van der Waals surface area (Å²) in [5.41, 5.74) is 0. The van der Waals surface area contributed by atoms with Gasteiger partial charge in [0.15, 0.2) is 5.96 Å². The van der Waals surface area contributed by atoms with Gasteiger partial charge in [0.05, 0.1) is 0 Å². The Bertz CT molecular complexity index is 304. The third kappa shape index (κ3) is 7.31. The molecule has 0 N–H and O–H groups in total. The first kappa shape index (κ1) is 19.5. The summed E-state index contributed by atoms with van der Waals surface area (Å²) in [4.78, 5) is 20.0. The van der Waals surface area contributed by atoms with Crippen LogP contribution >= 0.6 is 24.0 Å². The molecule has 1 saturated carbocycles. The molecule has 0 spiro atoms. The van der Waals surface area contributed by atoms with Crippen molar-refractivity contribution in [3.05, 3.63) is 0 Å². The molecule has 1 rings (SSSR count). The van der Waals surface area contributed by atoms with Crippen molar-refractivity contribution in [1.82, 2.24) is 9.80 Å². The van der Waals surface area contributed by atoms with Crippen LogP contribution < -0.4 is 0 Å². The zero-order chi connectivity index (χ0) is 14.3. The van der Waals surface area contributed by atoms with Crippen molar-refractivity contribution in [3.63, 3.8) is 0 Å². The van der Waals surface area contributed by atoms with Crippen molar-refractivity contribution < 1.29 is 9.53 Å². The Labute approximate surface area is 139 Å². The number of aliphatic imine (C=N–C) groups is 1. The highest BCUT2D eigenvalue weighted by atomic mass is 127. The molecule has 0 aromatic rings. The van der Waals surface area contributed by atoms with Gasteiger partial charge in [-0.05, 0) is 32.1 Å². The average molecular weight is 397 g/mol. The SMILES string of the molecule is CN(C)C(=NCCCC(=O)OC1CCCC1)N(C)C.I. The van der Waals surface area contributed by atoms with E-state index in [4.69, 9.17) is 4.74 Å². The summed E-state index contributed by atoms with van der Waals surface area (Å²) in [6.45, 7) is 0.658. The van der Waals surface area contributed by atoms with Crippen LogP contribution in [-0.4, -0.2) is 62.6 Å². The van der Waals surface area contributed by atoms with Crippen molar-refractivity contribution in [2.24, 2.45) is 4.99 Å². The fourth-order valence-corrected chi connectivity index (χ4v) is 2.34. The predicted octanol–water partition coefficient (Wildman–Crippen LogP) is 2.35. The van der Waals surface area contributed by atoms with Gasteiger partial charge in [0.1, 0.15) is 6.10 Å². The molecule has 0 amide bonds. The van der Waals surface area contributed by atoms with E-state index >= 15 is 0 Å². The molecule has 1 aliphatic carbocycles. The van der Waals surface area contributed by atoms with Gasteiger partial charge < -0.3 is 14.5 Å². The second-order valence-electron chi connectivity index (χ2n) is 5.47. The van der Waals surface area contributed by atoms with Gasteiger partial charge >= 0.3 is 5.97 Å². The maximum Gasteiger partial charge on any atom is 0.306 e. The minimum atomic E-state index is -0.0710. The largest absolute Gasteiger partial charge is 0.462 e. The topological polar surface area (TPSA) is 45.1 Å². The number of ether oxygens (including phenoxy) is 1. The van der Waals surface area contributed by atoms with Crippen LogP contribution in [0.1, 0.15) is 38.5 Å². The van der Waals surface area contributed by atoms with E-state index < -0.39 is 0 Å². The number of hydrogen-bond donors (Lipinski definition) is 0. The van der Waals surface area contributed by atoms with Gasteiger partial charge in [-0.1, -0.05) is 0 Å². The van der Waals surface area contributed by atoms with Crippen molar-refractivity contribution >= 4 is 35.9 Å². The van der Waals surface area contributed by atoms with E-state index in [2.05, 4.69) is 4.99 Å².